The summed E-state index contributed by atoms with van der Waals surface area (Å²) >= 11 is 12.3. The number of halogens is 2. The fourth-order valence-electron chi connectivity index (χ4n) is 2.43. The topological polar surface area (TPSA) is 37.3 Å². The third-order valence-corrected chi connectivity index (χ3v) is 3.95. The first kappa shape index (κ1) is 11.6. The first-order chi connectivity index (χ1) is 8.61. The van der Waals surface area contributed by atoms with Crippen LogP contribution in [0.3, 0.4) is 0 Å². The molecule has 0 bridgehead atoms. The molecule has 4 heteroatoms. The highest BCUT2D eigenvalue weighted by Gasteiger charge is 2.32. The maximum absolute atomic E-state index is 11.3. The SMILES string of the molecule is O=C(O)c1c(Cl)ccc2c1C(Cl)c1ccccc1-2. The van der Waals surface area contributed by atoms with Gasteiger partial charge in [-0.3, -0.25) is 0 Å². The maximum atomic E-state index is 11.3. The van der Waals surface area contributed by atoms with Crippen LogP contribution in [0.4, 0.5) is 0 Å². The second-order valence-electron chi connectivity index (χ2n) is 4.14. The lowest BCUT2D eigenvalue weighted by molar-refractivity contribution is 0.0696. The van der Waals surface area contributed by atoms with E-state index >= 15 is 0 Å². The lowest BCUT2D eigenvalue weighted by Crippen LogP contribution is -2.04. The fraction of sp³-hybridized carbons (Fsp3) is 0.0714. The Morgan fingerprint density at radius 1 is 1.11 bits per heavy atom. The van der Waals surface area contributed by atoms with Gasteiger partial charge in [0.15, 0.2) is 0 Å². The molecule has 3 rings (SSSR count). The van der Waals surface area contributed by atoms with E-state index in [1.54, 1.807) is 6.07 Å². The molecule has 1 aliphatic carbocycles. The molecule has 0 aliphatic heterocycles. The number of benzene rings is 2. The summed E-state index contributed by atoms with van der Waals surface area (Å²) in [5, 5.41) is 9.05. The average molecular weight is 279 g/mol. The molecule has 1 atom stereocenters. The largest absolute Gasteiger partial charge is 0.478 e. The summed E-state index contributed by atoms with van der Waals surface area (Å²) in [4.78, 5) is 11.3. The standard InChI is InChI=1S/C14H8Cl2O2/c15-10-6-5-8-7-3-1-2-4-9(7)13(16)11(8)12(10)14(17)18/h1-6,13H,(H,17,18). The number of alkyl halides is 1. The van der Waals surface area contributed by atoms with Crippen molar-refractivity contribution in [3.05, 3.63) is 58.1 Å². The molecule has 2 aromatic carbocycles. The molecule has 0 fully saturated rings. The highest BCUT2D eigenvalue weighted by Crippen LogP contribution is 2.49. The number of rotatable bonds is 1. The summed E-state index contributed by atoms with van der Waals surface area (Å²) < 4.78 is 0. The normalized spacial score (nSPS) is 16.2. The van der Waals surface area contributed by atoms with E-state index in [1.807, 2.05) is 30.3 Å². The van der Waals surface area contributed by atoms with Crippen LogP contribution in [0.25, 0.3) is 11.1 Å². The van der Waals surface area contributed by atoms with Crippen molar-refractivity contribution in [3.8, 4) is 11.1 Å². The lowest BCUT2D eigenvalue weighted by Gasteiger charge is -2.09. The zero-order valence-electron chi connectivity index (χ0n) is 9.15. The molecule has 0 saturated carbocycles. The Bertz CT molecular complexity index is 665. The summed E-state index contributed by atoms with van der Waals surface area (Å²) in [6, 6.07) is 11.1. The summed E-state index contributed by atoms with van der Waals surface area (Å²) in [5.74, 6) is -1.05. The molecular weight excluding hydrogens is 271 g/mol. The molecule has 0 spiro atoms. The predicted octanol–water partition coefficient (Wildman–Crippen LogP) is 4.35. The Hall–Kier alpha value is -1.51. The minimum atomic E-state index is -1.05. The van der Waals surface area contributed by atoms with Gasteiger partial charge >= 0.3 is 5.97 Å². The molecule has 90 valence electrons. The average Bonchev–Trinajstić information content (AvgIpc) is 2.63. The minimum absolute atomic E-state index is 0.102. The van der Waals surface area contributed by atoms with Crippen molar-refractivity contribution >= 4 is 29.2 Å². The summed E-state index contributed by atoms with van der Waals surface area (Å²) in [6.07, 6.45) is 0. The maximum Gasteiger partial charge on any atom is 0.337 e. The Morgan fingerprint density at radius 3 is 2.56 bits per heavy atom. The summed E-state index contributed by atoms with van der Waals surface area (Å²) in [7, 11) is 0. The Balaban J connectivity index is 2.37. The van der Waals surface area contributed by atoms with Crippen LogP contribution in [-0.4, -0.2) is 11.1 Å². The molecule has 1 unspecified atom stereocenters. The van der Waals surface area contributed by atoms with Crippen molar-refractivity contribution in [2.75, 3.05) is 0 Å². The van der Waals surface area contributed by atoms with Gasteiger partial charge in [0.2, 0.25) is 0 Å². The number of aromatic carboxylic acids is 1. The van der Waals surface area contributed by atoms with E-state index in [9.17, 15) is 9.90 Å². The molecule has 0 saturated heterocycles. The quantitative estimate of drug-likeness (QED) is 0.788. The van der Waals surface area contributed by atoms with E-state index < -0.39 is 11.3 Å². The third kappa shape index (κ3) is 1.46. The molecule has 0 aromatic heterocycles. The Labute approximate surface area is 114 Å². The predicted molar refractivity (Wildman–Crippen MR) is 71.5 cm³/mol. The van der Waals surface area contributed by atoms with Crippen LogP contribution in [0.1, 0.15) is 26.9 Å². The van der Waals surface area contributed by atoms with Crippen molar-refractivity contribution in [3.63, 3.8) is 0 Å². The number of carbonyl (C=O) groups is 1. The van der Waals surface area contributed by atoms with Crippen molar-refractivity contribution in [1.29, 1.82) is 0 Å². The second-order valence-corrected chi connectivity index (χ2v) is 4.98. The van der Waals surface area contributed by atoms with Gasteiger partial charge in [-0.1, -0.05) is 41.9 Å². The van der Waals surface area contributed by atoms with Gasteiger partial charge in [0.05, 0.1) is 16.0 Å². The van der Waals surface area contributed by atoms with Crippen LogP contribution in [0.2, 0.25) is 5.02 Å². The van der Waals surface area contributed by atoms with Crippen LogP contribution in [-0.2, 0) is 0 Å². The zero-order valence-corrected chi connectivity index (χ0v) is 10.7. The molecule has 1 aliphatic rings. The van der Waals surface area contributed by atoms with Crippen LogP contribution < -0.4 is 0 Å². The zero-order chi connectivity index (χ0) is 12.9. The van der Waals surface area contributed by atoms with Crippen molar-refractivity contribution in [2.45, 2.75) is 5.38 Å². The third-order valence-electron chi connectivity index (χ3n) is 3.19. The van der Waals surface area contributed by atoms with Gasteiger partial charge in [-0.05, 0) is 28.3 Å². The molecule has 0 amide bonds. The van der Waals surface area contributed by atoms with Crippen LogP contribution in [0, 0.1) is 0 Å². The van der Waals surface area contributed by atoms with Gasteiger partial charge in [0.25, 0.3) is 0 Å². The number of hydrogen-bond acceptors (Lipinski definition) is 1. The van der Waals surface area contributed by atoms with Gasteiger partial charge < -0.3 is 5.11 Å². The molecule has 0 heterocycles. The number of carboxylic acid groups (broad SMARTS) is 1. The van der Waals surface area contributed by atoms with E-state index in [-0.39, 0.29) is 10.6 Å². The van der Waals surface area contributed by atoms with Crippen LogP contribution in [0.15, 0.2) is 36.4 Å². The van der Waals surface area contributed by atoms with Gasteiger partial charge in [0, 0.05) is 0 Å². The van der Waals surface area contributed by atoms with Crippen molar-refractivity contribution in [2.24, 2.45) is 0 Å². The molecule has 1 N–H and O–H groups in total. The monoisotopic (exact) mass is 278 g/mol. The van der Waals surface area contributed by atoms with E-state index in [4.69, 9.17) is 23.2 Å². The van der Waals surface area contributed by atoms with Crippen molar-refractivity contribution in [1.82, 2.24) is 0 Å². The first-order valence-corrected chi connectivity index (χ1v) is 6.21. The van der Waals surface area contributed by atoms with E-state index in [0.717, 1.165) is 16.7 Å². The highest BCUT2D eigenvalue weighted by atomic mass is 35.5. The second kappa shape index (κ2) is 4.01. The Kier molecular flexibility index (Phi) is 2.58. The molecule has 18 heavy (non-hydrogen) atoms. The Morgan fingerprint density at radius 2 is 1.83 bits per heavy atom. The van der Waals surface area contributed by atoms with E-state index in [2.05, 4.69) is 0 Å². The van der Waals surface area contributed by atoms with Gasteiger partial charge in [-0.2, -0.15) is 0 Å². The summed E-state index contributed by atoms with van der Waals surface area (Å²) in [6.45, 7) is 0. The van der Waals surface area contributed by atoms with Gasteiger partial charge in [-0.15, -0.1) is 11.6 Å². The number of carboxylic acids is 1. The molecule has 0 radical (unpaired) electrons. The van der Waals surface area contributed by atoms with E-state index in [1.165, 1.54) is 0 Å². The van der Waals surface area contributed by atoms with Crippen molar-refractivity contribution < 1.29 is 9.90 Å². The molecular formula is C14H8Cl2O2. The van der Waals surface area contributed by atoms with Gasteiger partial charge in [0.1, 0.15) is 0 Å². The van der Waals surface area contributed by atoms with Crippen LogP contribution >= 0.6 is 23.2 Å². The first-order valence-electron chi connectivity index (χ1n) is 5.40. The van der Waals surface area contributed by atoms with E-state index in [0.29, 0.717) is 5.56 Å². The smallest absolute Gasteiger partial charge is 0.337 e. The fourth-order valence-corrected chi connectivity index (χ4v) is 3.09. The molecule has 2 nitrogen and oxygen atoms in total. The lowest BCUT2D eigenvalue weighted by atomic mass is 10.0. The number of hydrogen-bond donors (Lipinski definition) is 1. The summed E-state index contributed by atoms with van der Waals surface area (Å²) in [5.41, 5.74) is 3.46. The van der Waals surface area contributed by atoms with Crippen LogP contribution in [0.5, 0.6) is 0 Å². The minimum Gasteiger partial charge on any atom is -0.478 e. The highest BCUT2D eigenvalue weighted by molar-refractivity contribution is 6.35. The van der Waals surface area contributed by atoms with Gasteiger partial charge in [-0.25, -0.2) is 4.79 Å². The number of fused-ring (bicyclic) bond motifs is 3. The molecule has 2 aromatic rings.